The van der Waals surface area contributed by atoms with Crippen molar-refractivity contribution in [3.8, 4) is 17.5 Å². The van der Waals surface area contributed by atoms with Crippen molar-refractivity contribution in [2.24, 2.45) is 0 Å². The summed E-state index contributed by atoms with van der Waals surface area (Å²) in [5.74, 6) is -0.465. The van der Waals surface area contributed by atoms with Crippen LogP contribution in [0.3, 0.4) is 0 Å². The summed E-state index contributed by atoms with van der Waals surface area (Å²) in [5.41, 5.74) is 6.00. The van der Waals surface area contributed by atoms with Gasteiger partial charge in [-0.15, -0.1) is 0 Å². The Labute approximate surface area is 138 Å². The van der Waals surface area contributed by atoms with Crippen LogP contribution in [0.25, 0.3) is 5.69 Å². The van der Waals surface area contributed by atoms with E-state index in [0.29, 0.717) is 5.75 Å². The summed E-state index contributed by atoms with van der Waals surface area (Å²) in [6.45, 7) is 0. The first-order valence-electron chi connectivity index (χ1n) is 6.62. The first-order chi connectivity index (χ1) is 11.2. The number of aromatic nitrogens is 1. The molecule has 9 heteroatoms. The number of anilines is 1. The van der Waals surface area contributed by atoms with Crippen LogP contribution in [-0.4, -0.2) is 39.4 Å². The first kappa shape index (κ1) is 17.4. The van der Waals surface area contributed by atoms with Crippen molar-refractivity contribution in [1.29, 1.82) is 5.26 Å². The third-order valence-electron chi connectivity index (χ3n) is 3.38. The van der Waals surface area contributed by atoms with Crippen molar-refractivity contribution in [2.75, 3.05) is 26.2 Å². The molecule has 1 aromatic carbocycles. The van der Waals surface area contributed by atoms with E-state index in [1.165, 1.54) is 43.2 Å². The van der Waals surface area contributed by atoms with Gasteiger partial charge in [0.05, 0.1) is 36.1 Å². The Morgan fingerprint density at radius 2 is 2.00 bits per heavy atom. The molecule has 0 saturated heterocycles. The lowest BCUT2D eigenvalue weighted by atomic mass is 10.2. The Kier molecular flexibility index (Phi) is 4.52. The Bertz CT molecular complexity index is 954. The summed E-state index contributed by atoms with van der Waals surface area (Å²) in [6, 6.07) is 6.04. The lowest BCUT2D eigenvalue weighted by Crippen LogP contribution is -2.12. The molecule has 0 unspecified atom stereocenters. The quantitative estimate of drug-likeness (QED) is 0.820. The average Bonchev–Trinajstić information content (AvgIpc) is 2.89. The van der Waals surface area contributed by atoms with Crippen LogP contribution in [0.2, 0.25) is 0 Å². The molecule has 24 heavy (non-hydrogen) atoms. The molecule has 0 bridgehead atoms. The second kappa shape index (κ2) is 6.25. The molecule has 1 heterocycles. The van der Waals surface area contributed by atoms with Gasteiger partial charge in [-0.3, -0.25) is 0 Å². The van der Waals surface area contributed by atoms with E-state index in [2.05, 4.69) is 0 Å². The maximum absolute atomic E-state index is 12.0. The summed E-state index contributed by atoms with van der Waals surface area (Å²) in [4.78, 5) is 12.1. The van der Waals surface area contributed by atoms with Crippen molar-refractivity contribution >= 4 is 21.5 Å². The fourth-order valence-electron chi connectivity index (χ4n) is 2.19. The summed E-state index contributed by atoms with van der Waals surface area (Å²) in [5, 5.41) is 9.15. The zero-order chi connectivity index (χ0) is 18.1. The molecular formula is C15H15N3O5S. The molecule has 0 aliphatic rings. The summed E-state index contributed by atoms with van der Waals surface area (Å²) >= 11 is 0. The Morgan fingerprint density at radius 3 is 2.50 bits per heavy atom. The highest BCUT2D eigenvalue weighted by molar-refractivity contribution is 7.90. The van der Waals surface area contributed by atoms with Crippen LogP contribution >= 0.6 is 0 Å². The lowest BCUT2D eigenvalue weighted by molar-refractivity contribution is 0.0593. The molecule has 0 aliphatic heterocycles. The minimum Gasteiger partial charge on any atom is -0.495 e. The van der Waals surface area contributed by atoms with Crippen molar-refractivity contribution in [2.45, 2.75) is 4.90 Å². The number of carbonyl (C=O) groups is 1. The Morgan fingerprint density at radius 1 is 1.33 bits per heavy atom. The van der Waals surface area contributed by atoms with Crippen molar-refractivity contribution in [3.05, 3.63) is 35.7 Å². The Hall–Kier alpha value is -2.99. The van der Waals surface area contributed by atoms with Gasteiger partial charge >= 0.3 is 5.97 Å². The molecule has 0 fully saturated rings. The molecule has 0 radical (unpaired) electrons. The molecule has 0 amide bonds. The number of hydrogen-bond donors (Lipinski definition) is 1. The van der Waals surface area contributed by atoms with Crippen LogP contribution in [0.4, 0.5) is 5.69 Å². The van der Waals surface area contributed by atoms with Gasteiger partial charge in [-0.05, 0) is 18.2 Å². The van der Waals surface area contributed by atoms with E-state index < -0.39 is 15.8 Å². The molecule has 0 spiro atoms. The number of hydrogen-bond acceptors (Lipinski definition) is 7. The fourth-order valence-corrected chi connectivity index (χ4v) is 2.83. The number of nitrogen functional groups attached to an aromatic ring is 1. The van der Waals surface area contributed by atoms with Gasteiger partial charge in [0.15, 0.2) is 15.5 Å². The van der Waals surface area contributed by atoms with Crippen LogP contribution < -0.4 is 10.5 Å². The van der Waals surface area contributed by atoms with E-state index in [1.54, 1.807) is 0 Å². The smallest absolute Gasteiger partial charge is 0.357 e. The maximum atomic E-state index is 12.0. The maximum Gasteiger partial charge on any atom is 0.357 e. The predicted octanol–water partition coefficient (Wildman–Crippen LogP) is 1.13. The van der Waals surface area contributed by atoms with Crippen LogP contribution in [0, 0.1) is 11.3 Å². The number of ether oxygens (including phenoxy) is 2. The third-order valence-corrected chi connectivity index (χ3v) is 4.49. The van der Waals surface area contributed by atoms with E-state index in [-0.39, 0.29) is 27.5 Å². The first-order valence-corrected chi connectivity index (χ1v) is 8.51. The zero-order valence-corrected chi connectivity index (χ0v) is 14.0. The molecule has 126 valence electrons. The van der Waals surface area contributed by atoms with Crippen LogP contribution in [-0.2, 0) is 14.6 Å². The van der Waals surface area contributed by atoms with E-state index >= 15 is 0 Å². The normalized spacial score (nSPS) is 10.9. The lowest BCUT2D eigenvalue weighted by Gasteiger charge is -2.13. The van der Waals surface area contributed by atoms with Crippen LogP contribution in [0.15, 0.2) is 29.3 Å². The van der Waals surface area contributed by atoms with Gasteiger partial charge in [-0.1, -0.05) is 0 Å². The monoisotopic (exact) mass is 349 g/mol. The van der Waals surface area contributed by atoms with E-state index in [9.17, 15) is 13.2 Å². The summed E-state index contributed by atoms with van der Waals surface area (Å²) in [7, 11) is -0.914. The standard InChI is InChI=1S/C15H15N3O5S/c1-22-12-5-4-10(24(3,20)21)6-11(12)18-8-9(7-16)13(17)14(18)15(19)23-2/h4-6,8H,17H2,1-3H3. The van der Waals surface area contributed by atoms with Crippen LogP contribution in [0.1, 0.15) is 16.1 Å². The highest BCUT2D eigenvalue weighted by atomic mass is 32.2. The number of nitrogens with zero attached hydrogens (tertiary/aromatic N) is 2. The molecule has 0 aliphatic carbocycles. The van der Waals surface area contributed by atoms with Crippen molar-refractivity contribution < 1.29 is 22.7 Å². The van der Waals surface area contributed by atoms with E-state index in [4.69, 9.17) is 20.5 Å². The molecule has 2 aromatic rings. The van der Waals surface area contributed by atoms with Gasteiger partial charge in [-0.25, -0.2) is 13.2 Å². The third kappa shape index (κ3) is 2.91. The van der Waals surface area contributed by atoms with Crippen molar-refractivity contribution in [3.63, 3.8) is 0 Å². The van der Waals surface area contributed by atoms with Gasteiger partial charge in [0.25, 0.3) is 0 Å². The highest BCUT2D eigenvalue weighted by Gasteiger charge is 2.24. The number of nitrogens with two attached hydrogens (primary N) is 1. The van der Waals surface area contributed by atoms with E-state index in [0.717, 1.165) is 6.26 Å². The average molecular weight is 349 g/mol. The summed E-state index contributed by atoms with van der Waals surface area (Å²) in [6.07, 6.45) is 2.38. The largest absolute Gasteiger partial charge is 0.495 e. The van der Waals surface area contributed by atoms with Gasteiger partial charge in [0, 0.05) is 12.5 Å². The van der Waals surface area contributed by atoms with Crippen molar-refractivity contribution in [1.82, 2.24) is 4.57 Å². The Balaban J connectivity index is 2.85. The molecule has 2 N–H and O–H groups in total. The minimum absolute atomic E-state index is 0.0277. The number of sulfone groups is 1. The van der Waals surface area contributed by atoms with Gasteiger partial charge in [0.1, 0.15) is 11.8 Å². The fraction of sp³-hybridized carbons (Fsp3) is 0.200. The number of carbonyl (C=O) groups excluding carboxylic acids is 1. The minimum atomic E-state index is -3.49. The zero-order valence-electron chi connectivity index (χ0n) is 13.2. The second-order valence-electron chi connectivity index (χ2n) is 4.88. The SMILES string of the molecule is COC(=O)c1c(N)c(C#N)cn1-c1cc(S(C)(=O)=O)ccc1OC. The predicted molar refractivity (Wildman–Crippen MR) is 85.9 cm³/mol. The molecule has 1 aromatic heterocycles. The molecule has 0 saturated carbocycles. The summed E-state index contributed by atoms with van der Waals surface area (Å²) < 4.78 is 34.8. The highest BCUT2D eigenvalue weighted by Crippen LogP contribution is 2.31. The molecular weight excluding hydrogens is 334 g/mol. The van der Waals surface area contributed by atoms with Crippen LogP contribution in [0.5, 0.6) is 5.75 Å². The number of nitriles is 1. The van der Waals surface area contributed by atoms with E-state index in [1.807, 2.05) is 6.07 Å². The number of esters is 1. The van der Waals surface area contributed by atoms with Gasteiger partial charge < -0.3 is 19.8 Å². The van der Waals surface area contributed by atoms with Gasteiger partial charge in [-0.2, -0.15) is 5.26 Å². The topological polar surface area (TPSA) is 124 Å². The number of methoxy groups -OCH3 is 2. The number of benzene rings is 1. The van der Waals surface area contributed by atoms with Gasteiger partial charge in [0.2, 0.25) is 0 Å². The molecule has 0 atom stereocenters. The molecule has 8 nitrogen and oxygen atoms in total. The molecule has 2 rings (SSSR count). The second-order valence-corrected chi connectivity index (χ2v) is 6.90. The number of rotatable bonds is 4.